The highest BCUT2D eigenvalue weighted by atomic mass is 35.5. The third kappa shape index (κ3) is 1.68. The zero-order valence-corrected chi connectivity index (χ0v) is 11.4. The van der Waals surface area contributed by atoms with Crippen molar-refractivity contribution in [3.05, 3.63) is 52.7 Å². The van der Waals surface area contributed by atoms with Crippen LogP contribution in [0.3, 0.4) is 0 Å². The molecule has 0 unspecified atom stereocenters. The van der Waals surface area contributed by atoms with E-state index >= 15 is 0 Å². The summed E-state index contributed by atoms with van der Waals surface area (Å²) >= 11 is 5.80. The first-order chi connectivity index (χ1) is 10.1. The van der Waals surface area contributed by atoms with Crippen LogP contribution in [0.25, 0.3) is 22.7 Å². The number of benzene rings is 1. The first-order valence-electron chi connectivity index (χ1n) is 6.22. The second-order valence-electron chi connectivity index (χ2n) is 4.63. The van der Waals surface area contributed by atoms with Gasteiger partial charge in [0.1, 0.15) is 5.69 Å². The van der Waals surface area contributed by atoms with E-state index in [1.165, 1.54) is 0 Å². The van der Waals surface area contributed by atoms with Gasteiger partial charge in [0, 0.05) is 11.1 Å². The van der Waals surface area contributed by atoms with Crippen LogP contribution in [0.2, 0.25) is 5.22 Å². The lowest BCUT2D eigenvalue weighted by Gasteiger charge is -2.05. The monoisotopic (exact) mass is 297 g/mol. The average molecular weight is 298 g/mol. The quantitative estimate of drug-likeness (QED) is 0.583. The fourth-order valence-electron chi connectivity index (χ4n) is 2.53. The first-order valence-corrected chi connectivity index (χ1v) is 6.60. The summed E-state index contributed by atoms with van der Waals surface area (Å²) in [6, 6.07) is 10.5. The number of furan rings is 1. The van der Waals surface area contributed by atoms with Crippen LogP contribution in [0, 0.1) is 0 Å². The lowest BCUT2D eigenvalue weighted by atomic mass is 10.1. The summed E-state index contributed by atoms with van der Waals surface area (Å²) in [5.74, 6) is 0.343. The van der Waals surface area contributed by atoms with Gasteiger partial charge in [0.2, 0.25) is 5.95 Å². The van der Waals surface area contributed by atoms with Crippen LogP contribution in [0.4, 0.5) is 5.95 Å². The molecule has 2 heterocycles. The van der Waals surface area contributed by atoms with Gasteiger partial charge >= 0.3 is 0 Å². The number of carbonyl (C=O) groups is 1. The molecular weight excluding hydrogens is 290 g/mol. The minimum atomic E-state index is -0.136. The number of ketones is 1. The van der Waals surface area contributed by atoms with Crippen molar-refractivity contribution in [2.75, 3.05) is 5.73 Å². The third-order valence-corrected chi connectivity index (χ3v) is 3.59. The number of rotatable bonds is 1. The number of nitrogens with zero attached hydrogens (tertiary/aromatic N) is 2. The SMILES string of the molecule is Nc1nc(-c2ccc(Cl)o2)c2c(n1)-c1ccccc1C2=O. The van der Waals surface area contributed by atoms with Crippen molar-refractivity contribution in [2.45, 2.75) is 0 Å². The minimum absolute atomic E-state index is 0.0841. The number of halogens is 1. The van der Waals surface area contributed by atoms with E-state index in [-0.39, 0.29) is 17.0 Å². The topological polar surface area (TPSA) is 82.0 Å². The van der Waals surface area contributed by atoms with Crippen LogP contribution in [-0.4, -0.2) is 15.8 Å². The highest BCUT2D eigenvalue weighted by Gasteiger charge is 2.33. The van der Waals surface area contributed by atoms with Crippen LogP contribution < -0.4 is 5.73 Å². The molecule has 0 aliphatic heterocycles. The van der Waals surface area contributed by atoms with Crippen LogP contribution in [0.15, 0.2) is 40.8 Å². The summed E-state index contributed by atoms with van der Waals surface area (Å²) in [4.78, 5) is 21.0. The van der Waals surface area contributed by atoms with Crippen molar-refractivity contribution in [3.63, 3.8) is 0 Å². The second kappa shape index (κ2) is 4.17. The second-order valence-corrected chi connectivity index (χ2v) is 5.01. The summed E-state index contributed by atoms with van der Waals surface area (Å²) in [6.07, 6.45) is 0. The van der Waals surface area contributed by atoms with Gasteiger partial charge in [-0.2, -0.15) is 0 Å². The molecule has 1 aromatic carbocycles. The Morgan fingerprint density at radius 3 is 2.43 bits per heavy atom. The van der Waals surface area contributed by atoms with Gasteiger partial charge in [-0.05, 0) is 23.7 Å². The van der Waals surface area contributed by atoms with Crippen molar-refractivity contribution in [1.29, 1.82) is 0 Å². The number of hydrogen-bond donors (Lipinski definition) is 1. The van der Waals surface area contributed by atoms with Gasteiger partial charge < -0.3 is 10.2 Å². The highest BCUT2D eigenvalue weighted by Crippen LogP contribution is 2.40. The summed E-state index contributed by atoms with van der Waals surface area (Å²) in [5, 5.41) is 0.221. The predicted octanol–water partition coefficient (Wildman–Crippen LogP) is 3.18. The van der Waals surface area contributed by atoms with Crippen LogP contribution >= 0.6 is 11.6 Å². The van der Waals surface area contributed by atoms with E-state index in [0.717, 1.165) is 5.56 Å². The predicted molar refractivity (Wildman–Crippen MR) is 78.0 cm³/mol. The number of hydrogen-bond acceptors (Lipinski definition) is 5. The fourth-order valence-corrected chi connectivity index (χ4v) is 2.68. The van der Waals surface area contributed by atoms with Crippen molar-refractivity contribution < 1.29 is 9.21 Å². The fraction of sp³-hybridized carbons (Fsp3) is 0. The van der Waals surface area contributed by atoms with E-state index in [1.54, 1.807) is 18.2 Å². The Kier molecular flexibility index (Phi) is 2.40. The van der Waals surface area contributed by atoms with Gasteiger partial charge in [0.05, 0.1) is 11.3 Å². The molecule has 2 N–H and O–H groups in total. The van der Waals surface area contributed by atoms with E-state index in [9.17, 15) is 4.79 Å². The third-order valence-electron chi connectivity index (χ3n) is 3.39. The van der Waals surface area contributed by atoms with Crippen LogP contribution in [0.5, 0.6) is 0 Å². The molecule has 5 nitrogen and oxygen atoms in total. The molecule has 0 fully saturated rings. The number of anilines is 1. The van der Waals surface area contributed by atoms with E-state index < -0.39 is 0 Å². The standard InChI is InChI=1S/C15H8ClN3O2/c16-10-6-5-9(21-10)13-11-12(18-15(17)19-13)7-3-1-2-4-8(7)14(11)20/h1-6H,(H2,17,18,19). The Hall–Kier alpha value is -2.66. The number of carbonyl (C=O) groups excluding carboxylic acids is 1. The summed E-state index contributed by atoms with van der Waals surface area (Å²) in [6.45, 7) is 0. The smallest absolute Gasteiger partial charge is 0.221 e. The molecule has 0 saturated carbocycles. The zero-order chi connectivity index (χ0) is 14.6. The molecule has 0 spiro atoms. The summed E-state index contributed by atoms with van der Waals surface area (Å²) in [7, 11) is 0. The Balaban J connectivity index is 2.06. The van der Waals surface area contributed by atoms with Crippen LogP contribution in [0.1, 0.15) is 15.9 Å². The molecule has 4 rings (SSSR count). The number of fused-ring (bicyclic) bond motifs is 3. The molecule has 0 atom stereocenters. The minimum Gasteiger partial charge on any atom is -0.443 e. The van der Waals surface area contributed by atoms with Crippen molar-refractivity contribution in [3.8, 4) is 22.7 Å². The van der Waals surface area contributed by atoms with Crippen LogP contribution in [-0.2, 0) is 0 Å². The molecule has 1 aliphatic carbocycles. The summed E-state index contributed by atoms with van der Waals surface area (Å²) in [5.41, 5.74) is 8.41. The Bertz CT molecular complexity index is 902. The van der Waals surface area contributed by atoms with E-state index in [4.69, 9.17) is 21.8 Å². The lowest BCUT2D eigenvalue weighted by Crippen LogP contribution is -2.04. The maximum absolute atomic E-state index is 12.6. The molecule has 1 aliphatic rings. The zero-order valence-electron chi connectivity index (χ0n) is 10.6. The number of aromatic nitrogens is 2. The van der Waals surface area contributed by atoms with Gasteiger partial charge in [-0.3, -0.25) is 4.79 Å². The Labute approximate surface area is 124 Å². The van der Waals surface area contributed by atoms with Crippen molar-refractivity contribution in [2.24, 2.45) is 0 Å². The largest absolute Gasteiger partial charge is 0.443 e. The number of nitrogen functional groups attached to an aromatic ring is 1. The molecular formula is C15H8ClN3O2. The van der Waals surface area contributed by atoms with Gasteiger partial charge in [-0.1, -0.05) is 24.3 Å². The molecule has 0 saturated heterocycles. The maximum atomic E-state index is 12.6. The maximum Gasteiger partial charge on any atom is 0.221 e. The van der Waals surface area contributed by atoms with Crippen molar-refractivity contribution in [1.82, 2.24) is 9.97 Å². The Morgan fingerprint density at radius 1 is 1.00 bits per heavy atom. The number of nitrogens with two attached hydrogens (primary N) is 1. The molecule has 0 amide bonds. The Morgan fingerprint density at radius 2 is 1.71 bits per heavy atom. The first kappa shape index (κ1) is 12.1. The molecule has 6 heteroatoms. The molecule has 2 aromatic heterocycles. The molecule has 0 bridgehead atoms. The molecule has 0 radical (unpaired) electrons. The summed E-state index contributed by atoms with van der Waals surface area (Å²) < 4.78 is 5.36. The van der Waals surface area contributed by atoms with E-state index in [0.29, 0.717) is 28.3 Å². The van der Waals surface area contributed by atoms with Gasteiger partial charge in [0.25, 0.3) is 0 Å². The van der Waals surface area contributed by atoms with Crippen molar-refractivity contribution >= 4 is 23.3 Å². The van der Waals surface area contributed by atoms with Gasteiger partial charge in [-0.15, -0.1) is 0 Å². The molecule has 102 valence electrons. The highest BCUT2D eigenvalue weighted by molar-refractivity contribution is 6.29. The van der Waals surface area contributed by atoms with Gasteiger partial charge in [0.15, 0.2) is 16.8 Å². The van der Waals surface area contributed by atoms with E-state index in [2.05, 4.69) is 9.97 Å². The normalized spacial score (nSPS) is 12.3. The van der Waals surface area contributed by atoms with E-state index in [1.807, 2.05) is 18.2 Å². The van der Waals surface area contributed by atoms with Gasteiger partial charge in [-0.25, -0.2) is 9.97 Å². The average Bonchev–Trinajstić information content (AvgIpc) is 3.02. The lowest BCUT2D eigenvalue weighted by molar-refractivity contribution is 0.104. The molecule has 21 heavy (non-hydrogen) atoms. The molecule has 3 aromatic rings.